The van der Waals surface area contributed by atoms with Crippen LogP contribution in [-0.4, -0.2) is 47.9 Å². The Morgan fingerprint density at radius 3 is 2.34 bits per heavy atom. The molecule has 0 bridgehead atoms. The highest BCUT2D eigenvalue weighted by Crippen LogP contribution is 2.33. The maximum absolute atomic E-state index is 13.3. The molecule has 1 N–H and O–H groups in total. The maximum atomic E-state index is 13.3. The second kappa shape index (κ2) is 10.8. The quantitative estimate of drug-likeness (QED) is 0.281. The number of benzene rings is 3. The molecular weight excluding hydrogens is 547 g/mol. The summed E-state index contributed by atoms with van der Waals surface area (Å²) in [6, 6.07) is 20.2. The van der Waals surface area contributed by atoms with Gasteiger partial charge in [-0.25, -0.2) is 13.4 Å². The lowest BCUT2D eigenvalue weighted by atomic mass is 10.2. The monoisotopic (exact) mass is 570 g/mol. The molecule has 0 atom stereocenters. The fraction of sp³-hybridized carbons (Fsp3) is 0.185. The van der Waals surface area contributed by atoms with E-state index in [1.165, 1.54) is 28.6 Å². The van der Waals surface area contributed by atoms with Crippen LogP contribution in [0.5, 0.6) is 5.75 Å². The largest absolute Gasteiger partial charge is 0.497 e. The van der Waals surface area contributed by atoms with Crippen molar-refractivity contribution in [2.24, 2.45) is 0 Å². The number of hydrogen-bond acceptors (Lipinski definition) is 5. The van der Waals surface area contributed by atoms with Gasteiger partial charge in [0.05, 0.1) is 29.9 Å². The molecule has 3 aromatic carbocycles. The smallest absolute Gasteiger partial charge is 0.243 e. The van der Waals surface area contributed by atoms with Crippen molar-refractivity contribution >= 4 is 45.1 Å². The molecule has 4 aromatic rings. The molecule has 1 aromatic heterocycles. The number of anilines is 1. The Morgan fingerprint density at radius 2 is 1.71 bits per heavy atom. The van der Waals surface area contributed by atoms with Gasteiger partial charge in [0.1, 0.15) is 5.75 Å². The minimum absolute atomic E-state index is 0.0875. The summed E-state index contributed by atoms with van der Waals surface area (Å²) in [6.45, 7) is -0.350. The molecule has 0 radical (unpaired) electrons. The number of nitrogens with one attached hydrogen (secondary N) is 1. The van der Waals surface area contributed by atoms with E-state index in [1.807, 2.05) is 36.4 Å². The number of sulfonamides is 1. The van der Waals surface area contributed by atoms with E-state index in [2.05, 4.69) is 10.3 Å². The molecule has 0 unspecified atom stereocenters. The molecule has 38 heavy (non-hydrogen) atoms. The fourth-order valence-electron chi connectivity index (χ4n) is 4.01. The third-order valence-electron chi connectivity index (χ3n) is 6.10. The number of ether oxygens (including phenoxy) is 1. The standard InChI is InChI=1S/C27H24Cl2N4O4S/c1-37-23-4-2-3-22(15-23)32-16-25(18-5-7-19(28)8-6-18)30-27(32)31-26(34)17-33(21-11-12-21)38(35,36)24-13-9-20(29)10-14-24/h2-10,13-16,21H,11-12,17H2,1H3,(H,30,31,34). The van der Waals surface area contributed by atoms with Crippen LogP contribution in [0.3, 0.4) is 0 Å². The van der Waals surface area contributed by atoms with Crippen molar-refractivity contribution in [3.05, 3.63) is 89.0 Å². The molecule has 0 saturated heterocycles. The average Bonchev–Trinajstić information content (AvgIpc) is 3.67. The topological polar surface area (TPSA) is 93.5 Å². The zero-order valence-electron chi connectivity index (χ0n) is 20.3. The van der Waals surface area contributed by atoms with Gasteiger partial charge in [-0.3, -0.25) is 14.7 Å². The molecule has 0 spiro atoms. The molecule has 1 aliphatic carbocycles. The third kappa shape index (κ3) is 5.71. The van der Waals surface area contributed by atoms with Gasteiger partial charge in [-0.05, 0) is 61.4 Å². The fourth-order valence-corrected chi connectivity index (χ4v) is 5.90. The molecule has 196 valence electrons. The van der Waals surface area contributed by atoms with E-state index in [0.717, 1.165) is 5.56 Å². The van der Waals surface area contributed by atoms with E-state index in [4.69, 9.17) is 27.9 Å². The van der Waals surface area contributed by atoms with E-state index in [0.29, 0.717) is 40.0 Å². The summed E-state index contributed by atoms with van der Waals surface area (Å²) in [6.07, 6.45) is 3.18. The predicted molar refractivity (Wildman–Crippen MR) is 148 cm³/mol. The van der Waals surface area contributed by atoms with Gasteiger partial charge in [0.2, 0.25) is 21.9 Å². The van der Waals surface area contributed by atoms with Gasteiger partial charge in [-0.2, -0.15) is 4.31 Å². The van der Waals surface area contributed by atoms with E-state index in [1.54, 1.807) is 30.0 Å². The van der Waals surface area contributed by atoms with Gasteiger partial charge in [0, 0.05) is 33.9 Å². The predicted octanol–water partition coefficient (Wildman–Crippen LogP) is 5.65. The zero-order chi connectivity index (χ0) is 26.9. The maximum Gasteiger partial charge on any atom is 0.243 e. The van der Waals surface area contributed by atoms with E-state index < -0.39 is 15.9 Å². The number of halogens is 2. The summed E-state index contributed by atoms with van der Waals surface area (Å²) in [4.78, 5) is 18.0. The molecule has 1 heterocycles. The van der Waals surface area contributed by atoms with Crippen LogP contribution in [0.1, 0.15) is 12.8 Å². The Kier molecular flexibility index (Phi) is 7.45. The first-order chi connectivity index (χ1) is 18.2. The van der Waals surface area contributed by atoms with Gasteiger partial charge >= 0.3 is 0 Å². The molecule has 8 nitrogen and oxygen atoms in total. The molecule has 1 amide bonds. The van der Waals surface area contributed by atoms with Crippen molar-refractivity contribution < 1.29 is 17.9 Å². The highest BCUT2D eigenvalue weighted by molar-refractivity contribution is 7.89. The highest BCUT2D eigenvalue weighted by atomic mass is 35.5. The van der Waals surface area contributed by atoms with Crippen molar-refractivity contribution in [3.63, 3.8) is 0 Å². The number of rotatable bonds is 9. The second-order valence-electron chi connectivity index (χ2n) is 8.81. The summed E-state index contributed by atoms with van der Waals surface area (Å²) in [7, 11) is -2.33. The van der Waals surface area contributed by atoms with Gasteiger partial charge in [0.25, 0.3) is 0 Å². The summed E-state index contributed by atoms with van der Waals surface area (Å²) in [5.41, 5.74) is 2.12. The SMILES string of the molecule is COc1cccc(-n2cc(-c3ccc(Cl)cc3)nc2NC(=O)CN(C2CC2)S(=O)(=O)c2ccc(Cl)cc2)c1. The van der Waals surface area contributed by atoms with Crippen molar-refractivity contribution in [2.45, 2.75) is 23.8 Å². The minimum atomic E-state index is -3.90. The molecule has 1 fully saturated rings. The summed E-state index contributed by atoms with van der Waals surface area (Å²) < 4.78 is 35.0. The number of carbonyl (C=O) groups excluding carboxylic acids is 1. The lowest BCUT2D eigenvalue weighted by Crippen LogP contribution is -2.39. The second-order valence-corrected chi connectivity index (χ2v) is 11.6. The molecule has 1 aliphatic rings. The Bertz CT molecular complexity index is 1570. The van der Waals surface area contributed by atoms with Crippen LogP contribution in [0.2, 0.25) is 10.0 Å². The van der Waals surface area contributed by atoms with Crippen LogP contribution in [0.15, 0.2) is 83.9 Å². The normalized spacial score (nSPS) is 13.5. The van der Waals surface area contributed by atoms with Gasteiger partial charge in [-0.15, -0.1) is 0 Å². The molecule has 11 heteroatoms. The summed E-state index contributed by atoms with van der Waals surface area (Å²) >= 11 is 12.0. The van der Waals surface area contributed by atoms with Crippen LogP contribution < -0.4 is 10.1 Å². The lowest BCUT2D eigenvalue weighted by molar-refractivity contribution is -0.116. The Labute approximate surface area is 230 Å². The van der Waals surface area contributed by atoms with Gasteiger partial charge < -0.3 is 4.74 Å². The van der Waals surface area contributed by atoms with E-state index in [9.17, 15) is 13.2 Å². The Morgan fingerprint density at radius 1 is 1.05 bits per heavy atom. The summed E-state index contributed by atoms with van der Waals surface area (Å²) in [5.74, 6) is 0.371. The first kappa shape index (κ1) is 26.2. The number of aromatic nitrogens is 2. The molecular formula is C27H24Cl2N4O4S. The van der Waals surface area contributed by atoms with Crippen LogP contribution in [-0.2, 0) is 14.8 Å². The van der Waals surface area contributed by atoms with Crippen LogP contribution in [0.25, 0.3) is 16.9 Å². The first-order valence-electron chi connectivity index (χ1n) is 11.8. The summed E-state index contributed by atoms with van der Waals surface area (Å²) in [5, 5.41) is 3.84. The number of carbonyl (C=O) groups is 1. The van der Waals surface area contributed by atoms with Crippen molar-refractivity contribution in [2.75, 3.05) is 19.0 Å². The van der Waals surface area contributed by atoms with Crippen LogP contribution in [0.4, 0.5) is 5.95 Å². The minimum Gasteiger partial charge on any atom is -0.497 e. The number of hydrogen-bond donors (Lipinski definition) is 1. The van der Waals surface area contributed by atoms with Crippen molar-refractivity contribution in [3.8, 4) is 22.7 Å². The average molecular weight is 571 g/mol. The van der Waals surface area contributed by atoms with Crippen molar-refractivity contribution in [1.82, 2.24) is 13.9 Å². The van der Waals surface area contributed by atoms with Crippen molar-refractivity contribution in [1.29, 1.82) is 0 Å². The van der Waals surface area contributed by atoms with Crippen LogP contribution >= 0.6 is 23.2 Å². The number of imidazole rings is 1. The first-order valence-corrected chi connectivity index (χ1v) is 14.0. The van der Waals surface area contributed by atoms with E-state index >= 15 is 0 Å². The Hall–Kier alpha value is -3.37. The zero-order valence-corrected chi connectivity index (χ0v) is 22.7. The van der Waals surface area contributed by atoms with Gasteiger partial charge in [-0.1, -0.05) is 41.4 Å². The highest BCUT2D eigenvalue weighted by Gasteiger charge is 2.39. The Balaban J connectivity index is 1.45. The molecule has 0 aliphatic heterocycles. The molecule has 5 rings (SSSR count). The lowest BCUT2D eigenvalue weighted by Gasteiger charge is -2.21. The third-order valence-corrected chi connectivity index (χ3v) is 8.52. The number of nitrogens with zero attached hydrogens (tertiary/aromatic N) is 3. The number of amides is 1. The van der Waals surface area contributed by atoms with E-state index in [-0.39, 0.29) is 23.4 Å². The van der Waals surface area contributed by atoms with Crippen LogP contribution in [0, 0.1) is 0 Å². The molecule has 1 saturated carbocycles. The van der Waals surface area contributed by atoms with Gasteiger partial charge in [0.15, 0.2) is 0 Å². The number of methoxy groups -OCH3 is 1.